The summed E-state index contributed by atoms with van der Waals surface area (Å²) >= 11 is 0. The topological polar surface area (TPSA) is 60.1 Å². The van der Waals surface area contributed by atoms with Gasteiger partial charge in [-0.25, -0.2) is 0 Å². The van der Waals surface area contributed by atoms with E-state index in [1.165, 1.54) is 0 Å². The Bertz CT molecular complexity index is 488. The summed E-state index contributed by atoms with van der Waals surface area (Å²) in [6.45, 7) is 3.98. The Labute approximate surface area is 99.4 Å². The van der Waals surface area contributed by atoms with Gasteiger partial charge in [-0.15, -0.1) is 0 Å². The van der Waals surface area contributed by atoms with E-state index in [1.54, 1.807) is 23.1 Å². The fourth-order valence-corrected chi connectivity index (χ4v) is 1.59. The Kier molecular flexibility index (Phi) is 3.27. The predicted molar refractivity (Wildman–Crippen MR) is 62.2 cm³/mol. The van der Waals surface area contributed by atoms with Gasteiger partial charge in [0.05, 0.1) is 6.04 Å². The SMILES string of the molecule is Cc1ccc([C@H](C)NC(=O)Cn2cccn2)o1. The van der Waals surface area contributed by atoms with Crippen molar-refractivity contribution in [3.63, 3.8) is 0 Å². The third-order valence-electron chi connectivity index (χ3n) is 2.43. The van der Waals surface area contributed by atoms with Crippen LogP contribution < -0.4 is 5.32 Å². The van der Waals surface area contributed by atoms with Gasteiger partial charge < -0.3 is 9.73 Å². The van der Waals surface area contributed by atoms with E-state index in [4.69, 9.17) is 4.42 Å². The molecule has 0 saturated heterocycles. The Balaban J connectivity index is 1.90. The summed E-state index contributed by atoms with van der Waals surface area (Å²) in [5.41, 5.74) is 0. The molecule has 0 saturated carbocycles. The van der Waals surface area contributed by atoms with Crippen LogP contribution in [0.25, 0.3) is 0 Å². The van der Waals surface area contributed by atoms with Crippen LogP contribution in [0, 0.1) is 6.92 Å². The summed E-state index contributed by atoms with van der Waals surface area (Å²) in [5, 5.41) is 6.83. The van der Waals surface area contributed by atoms with Crippen LogP contribution in [0.15, 0.2) is 35.0 Å². The molecule has 2 aromatic heterocycles. The fourth-order valence-electron chi connectivity index (χ4n) is 1.59. The number of nitrogens with one attached hydrogen (secondary N) is 1. The fraction of sp³-hybridized carbons (Fsp3) is 0.333. The molecule has 5 heteroatoms. The number of rotatable bonds is 4. The first kappa shape index (κ1) is 11.4. The molecule has 0 aliphatic heterocycles. The second-order valence-corrected chi connectivity index (χ2v) is 3.94. The van der Waals surface area contributed by atoms with E-state index in [0.29, 0.717) is 0 Å². The molecule has 0 spiro atoms. The molecule has 17 heavy (non-hydrogen) atoms. The number of carbonyl (C=O) groups is 1. The van der Waals surface area contributed by atoms with Crippen molar-refractivity contribution >= 4 is 5.91 Å². The minimum atomic E-state index is -0.133. The van der Waals surface area contributed by atoms with Gasteiger partial charge in [0.1, 0.15) is 18.1 Å². The highest BCUT2D eigenvalue weighted by atomic mass is 16.3. The lowest BCUT2D eigenvalue weighted by molar-refractivity contribution is -0.122. The number of amides is 1. The molecule has 2 heterocycles. The minimum absolute atomic E-state index is 0.0877. The van der Waals surface area contributed by atoms with Crippen molar-refractivity contribution in [3.8, 4) is 0 Å². The highest BCUT2D eigenvalue weighted by Crippen LogP contribution is 2.15. The summed E-state index contributed by atoms with van der Waals surface area (Å²) in [6, 6.07) is 5.40. The predicted octanol–water partition coefficient (Wildman–Crippen LogP) is 1.66. The van der Waals surface area contributed by atoms with Crippen molar-refractivity contribution in [3.05, 3.63) is 42.1 Å². The smallest absolute Gasteiger partial charge is 0.242 e. The average Bonchev–Trinajstić information content (AvgIpc) is 2.89. The van der Waals surface area contributed by atoms with Crippen LogP contribution in [0.2, 0.25) is 0 Å². The van der Waals surface area contributed by atoms with Crippen LogP contribution in [0.5, 0.6) is 0 Å². The molecular weight excluding hydrogens is 218 g/mol. The summed E-state index contributed by atoms with van der Waals surface area (Å²) in [7, 11) is 0. The number of nitrogens with zero attached hydrogens (tertiary/aromatic N) is 2. The maximum Gasteiger partial charge on any atom is 0.242 e. The van der Waals surface area contributed by atoms with Crippen LogP contribution in [0.3, 0.4) is 0 Å². The molecular formula is C12H15N3O2. The number of carbonyl (C=O) groups excluding carboxylic acids is 1. The molecule has 90 valence electrons. The maximum absolute atomic E-state index is 11.7. The first-order valence-electron chi connectivity index (χ1n) is 5.48. The van der Waals surface area contributed by atoms with Crippen LogP contribution in [0.4, 0.5) is 0 Å². The Morgan fingerprint density at radius 1 is 1.59 bits per heavy atom. The van der Waals surface area contributed by atoms with Crippen LogP contribution in [0.1, 0.15) is 24.5 Å². The summed E-state index contributed by atoms with van der Waals surface area (Å²) < 4.78 is 7.02. The summed E-state index contributed by atoms with van der Waals surface area (Å²) in [4.78, 5) is 11.7. The maximum atomic E-state index is 11.7. The van der Waals surface area contributed by atoms with Crippen LogP contribution in [-0.4, -0.2) is 15.7 Å². The molecule has 0 aliphatic rings. The molecule has 1 N–H and O–H groups in total. The molecule has 0 fully saturated rings. The van der Waals surface area contributed by atoms with E-state index in [-0.39, 0.29) is 18.5 Å². The Morgan fingerprint density at radius 2 is 2.41 bits per heavy atom. The molecule has 0 bridgehead atoms. The monoisotopic (exact) mass is 233 g/mol. The van der Waals surface area contributed by atoms with E-state index in [9.17, 15) is 4.79 Å². The van der Waals surface area contributed by atoms with Crippen molar-refractivity contribution in [2.24, 2.45) is 0 Å². The molecule has 0 aliphatic carbocycles. The van der Waals surface area contributed by atoms with Gasteiger partial charge in [0.15, 0.2) is 0 Å². The number of aryl methyl sites for hydroxylation is 1. The zero-order valence-electron chi connectivity index (χ0n) is 9.88. The zero-order chi connectivity index (χ0) is 12.3. The largest absolute Gasteiger partial charge is 0.464 e. The quantitative estimate of drug-likeness (QED) is 0.873. The highest BCUT2D eigenvalue weighted by Gasteiger charge is 2.12. The zero-order valence-corrected chi connectivity index (χ0v) is 9.88. The summed E-state index contributed by atoms with van der Waals surface area (Å²) in [6.07, 6.45) is 3.40. The summed E-state index contributed by atoms with van der Waals surface area (Å²) in [5.74, 6) is 1.51. The molecule has 2 rings (SSSR count). The Morgan fingerprint density at radius 3 is 3.00 bits per heavy atom. The average molecular weight is 233 g/mol. The molecule has 2 aromatic rings. The van der Waals surface area contributed by atoms with E-state index in [0.717, 1.165) is 11.5 Å². The van der Waals surface area contributed by atoms with Gasteiger partial charge in [-0.3, -0.25) is 9.48 Å². The molecule has 0 aromatic carbocycles. The van der Waals surface area contributed by atoms with Crippen molar-refractivity contribution in [1.82, 2.24) is 15.1 Å². The lowest BCUT2D eigenvalue weighted by atomic mass is 10.2. The molecule has 1 atom stereocenters. The standard InChI is InChI=1S/C12H15N3O2/c1-9-4-5-11(17-9)10(2)14-12(16)8-15-7-3-6-13-15/h3-7,10H,8H2,1-2H3,(H,14,16)/t10-/m0/s1. The Hall–Kier alpha value is -2.04. The normalized spacial score (nSPS) is 12.4. The number of aromatic nitrogens is 2. The van der Waals surface area contributed by atoms with Crippen LogP contribution >= 0.6 is 0 Å². The molecule has 1 amide bonds. The minimum Gasteiger partial charge on any atom is -0.464 e. The second-order valence-electron chi connectivity index (χ2n) is 3.94. The number of furan rings is 1. The second kappa shape index (κ2) is 4.86. The van der Waals surface area contributed by atoms with Gasteiger partial charge in [-0.05, 0) is 32.0 Å². The van der Waals surface area contributed by atoms with Crippen molar-refractivity contribution in [2.75, 3.05) is 0 Å². The van der Waals surface area contributed by atoms with E-state index >= 15 is 0 Å². The lowest BCUT2D eigenvalue weighted by Crippen LogP contribution is -2.30. The van der Waals surface area contributed by atoms with E-state index < -0.39 is 0 Å². The van der Waals surface area contributed by atoms with Gasteiger partial charge in [0.25, 0.3) is 0 Å². The lowest BCUT2D eigenvalue weighted by Gasteiger charge is -2.11. The molecule has 0 unspecified atom stereocenters. The van der Waals surface area contributed by atoms with Gasteiger partial charge >= 0.3 is 0 Å². The van der Waals surface area contributed by atoms with Crippen molar-refractivity contribution < 1.29 is 9.21 Å². The van der Waals surface area contributed by atoms with E-state index in [2.05, 4.69) is 10.4 Å². The number of hydrogen-bond acceptors (Lipinski definition) is 3. The van der Waals surface area contributed by atoms with Gasteiger partial charge in [-0.2, -0.15) is 5.10 Å². The molecule has 0 radical (unpaired) electrons. The van der Waals surface area contributed by atoms with Crippen LogP contribution in [-0.2, 0) is 11.3 Å². The van der Waals surface area contributed by atoms with Gasteiger partial charge in [0.2, 0.25) is 5.91 Å². The van der Waals surface area contributed by atoms with Crippen molar-refractivity contribution in [2.45, 2.75) is 26.4 Å². The van der Waals surface area contributed by atoms with E-state index in [1.807, 2.05) is 26.0 Å². The first-order chi connectivity index (χ1) is 8.15. The third kappa shape index (κ3) is 2.96. The third-order valence-corrected chi connectivity index (χ3v) is 2.43. The number of hydrogen-bond donors (Lipinski definition) is 1. The molecule has 5 nitrogen and oxygen atoms in total. The first-order valence-corrected chi connectivity index (χ1v) is 5.48. The van der Waals surface area contributed by atoms with Gasteiger partial charge in [-0.1, -0.05) is 0 Å². The highest BCUT2D eigenvalue weighted by molar-refractivity contribution is 5.76. The van der Waals surface area contributed by atoms with Crippen molar-refractivity contribution in [1.29, 1.82) is 0 Å². The van der Waals surface area contributed by atoms with Gasteiger partial charge in [0, 0.05) is 12.4 Å².